The molecule has 2 aromatic carbocycles. The second-order valence-corrected chi connectivity index (χ2v) is 7.13. The van der Waals surface area contributed by atoms with Crippen LogP contribution in [0.3, 0.4) is 0 Å². The normalized spacial score (nSPS) is 13.3. The molecule has 0 fully saturated rings. The van der Waals surface area contributed by atoms with Gasteiger partial charge in [0.25, 0.3) is 0 Å². The summed E-state index contributed by atoms with van der Waals surface area (Å²) in [6.07, 6.45) is -4.49. The molecule has 0 saturated heterocycles. The monoisotopic (exact) mass is 444 g/mol. The molecule has 0 bridgehead atoms. The number of amides is 2. The molecule has 0 spiro atoms. The molecule has 2 rings (SSSR count). The first kappa shape index (κ1) is 24.3. The summed E-state index contributed by atoms with van der Waals surface area (Å²) >= 11 is 0. The van der Waals surface area contributed by atoms with E-state index in [0.717, 1.165) is 18.4 Å². The molecule has 0 saturated carbocycles. The molecule has 0 heterocycles. The van der Waals surface area contributed by atoms with Crippen LogP contribution in [-0.4, -0.2) is 12.6 Å². The average Bonchev–Trinajstić information content (AvgIpc) is 2.69. The molecule has 9 heteroatoms. The molecule has 2 amide bonds. The van der Waals surface area contributed by atoms with Gasteiger partial charge in [-0.2, -0.15) is 26.3 Å². The van der Waals surface area contributed by atoms with Gasteiger partial charge in [0.2, 0.25) is 0 Å². The van der Waals surface area contributed by atoms with Crippen molar-refractivity contribution in [3.63, 3.8) is 0 Å². The lowest BCUT2D eigenvalue weighted by molar-refractivity contribution is -0.143. The third-order valence-electron chi connectivity index (χ3n) is 4.39. The Bertz CT molecular complexity index is 859. The van der Waals surface area contributed by atoms with E-state index in [4.69, 9.17) is 0 Å². The number of anilines is 1. The fourth-order valence-electron chi connectivity index (χ4n) is 2.74. The van der Waals surface area contributed by atoms with Crippen molar-refractivity contribution in [2.75, 3.05) is 11.9 Å². The maximum atomic E-state index is 12.9. The van der Waals surface area contributed by atoms with E-state index < -0.39 is 35.2 Å². The lowest BCUT2D eigenvalue weighted by atomic mass is 10.1. The number of benzene rings is 2. The van der Waals surface area contributed by atoms with Crippen LogP contribution in [0.5, 0.6) is 0 Å². The Balaban J connectivity index is 1.88. The highest BCUT2D eigenvalue weighted by Crippen LogP contribution is 2.37. The van der Waals surface area contributed by atoms with Gasteiger partial charge in [-0.3, -0.25) is 0 Å². The summed E-state index contributed by atoms with van der Waals surface area (Å²) in [5.41, 5.74) is -2.50. The summed E-state index contributed by atoms with van der Waals surface area (Å²) in [7, 11) is 0. The molecule has 3 nitrogen and oxygen atoms in total. The van der Waals surface area contributed by atoms with E-state index in [2.05, 4.69) is 5.32 Å². The van der Waals surface area contributed by atoms with Gasteiger partial charge < -0.3 is 10.6 Å². The molecule has 2 N–H and O–H groups in total. The van der Waals surface area contributed by atoms with Crippen LogP contribution in [-0.2, 0) is 12.4 Å². The SMILES string of the molecule is CC(CC/C=C/c1ccccc1)CNC(=O)Nc1cc(C(F)(F)F)cc(C(F)(F)F)c1. The molecular weight excluding hydrogens is 422 g/mol. The van der Waals surface area contributed by atoms with Gasteiger partial charge in [-0.1, -0.05) is 49.4 Å². The van der Waals surface area contributed by atoms with E-state index >= 15 is 0 Å². The van der Waals surface area contributed by atoms with E-state index in [1.807, 2.05) is 54.7 Å². The maximum absolute atomic E-state index is 12.9. The average molecular weight is 444 g/mol. The van der Waals surface area contributed by atoms with E-state index in [1.165, 1.54) is 0 Å². The quantitative estimate of drug-likeness (QED) is 0.445. The van der Waals surface area contributed by atoms with Crippen LogP contribution in [0.1, 0.15) is 36.5 Å². The minimum atomic E-state index is -4.98. The van der Waals surface area contributed by atoms with Crippen LogP contribution in [0.25, 0.3) is 6.08 Å². The van der Waals surface area contributed by atoms with Crippen LogP contribution in [0.4, 0.5) is 36.8 Å². The maximum Gasteiger partial charge on any atom is 0.416 e. The third kappa shape index (κ3) is 8.35. The highest BCUT2D eigenvalue weighted by molar-refractivity contribution is 5.89. The van der Waals surface area contributed by atoms with E-state index in [0.29, 0.717) is 12.1 Å². The van der Waals surface area contributed by atoms with Gasteiger partial charge in [-0.05, 0) is 42.5 Å². The molecule has 2 aromatic rings. The fraction of sp³-hybridized carbons (Fsp3) is 0.318. The summed E-state index contributed by atoms with van der Waals surface area (Å²) in [5, 5.41) is 4.52. The Hall–Kier alpha value is -2.97. The number of hydrogen-bond acceptors (Lipinski definition) is 1. The number of alkyl halides is 6. The Morgan fingerprint density at radius 1 is 0.968 bits per heavy atom. The van der Waals surface area contributed by atoms with Crippen LogP contribution in [0.2, 0.25) is 0 Å². The van der Waals surface area contributed by atoms with Crippen molar-refractivity contribution >= 4 is 17.8 Å². The summed E-state index contributed by atoms with van der Waals surface area (Å²) in [6, 6.07) is 9.75. The number of urea groups is 1. The summed E-state index contributed by atoms with van der Waals surface area (Å²) in [5.74, 6) is 0.0541. The van der Waals surface area contributed by atoms with Gasteiger partial charge in [0.05, 0.1) is 11.1 Å². The molecule has 0 aromatic heterocycles. The highest BCUT2D eigenvalue weighted by atomic mass is 19.4. The van der Waals surface area contributed by atoms with Crippen LogP contribution >= 0.6 is 0 Å². The first-order valence-corrected chi connectivity index (χ1v) is 9.51. The first-order chi connectivity index (χ1) is 14.4. The zero-order valence-electron chi connectivity index (χ0n) is 16.6. The van der Waals surface area contributed by atoms with Crippen molar-refractivity contribution < 1.29 is 31.1 Å². The predicted octanol–water partition coefficient (Wildman–Crippen LogP) is 6.98. The molecule has 31 heavy (non-hydrogen) atoms. The van der Waals surface area contributed by atoms with Gasteiger partial charge in [0.15, 0.2) is 0 Å². The number of rotatable bonds is 7. The first-order valence-electron chi connectivity index (χ1n) is 9.51. The second kappa shape index (κ2) is 10.4. The third-order valence-corrected chi connectivity index (χ3v) is 4.39. The second-order valence-electron chi connectivity index (χ2n) is 7.13. The van der Waals surface area contributed by atoms with E-state index in [1.54, 1.807) is 0 Å². The Morgan fingerprint density at radius 3 is 2.10 bits per heavy atom. The van der Waals surface area contributed by atoms with Crippen molar-refractivity contribution in [1.82, 2.24) is 5.32 Å². The smallest absolute Gasteiger partial charge is 0.338 e. The molecule has 0 aliphatic rings. The zero-order chi connectivity index (χ0) is 23.1. The Kier molecular flexibility index (Phi) is 8.13. The highest BCUT2D eigenvalue weighted by Gasteiger charge is 2.37. The van der Waals surface area contributed by atoms with Gasteiger partial charge in [0, 0.05) is 12.2 Å². The summed E-state index contributed by atoms with van der Waals surface area (Å²) < 4.78 is 77.3. The van der Waals surface area contributed by atoms with Crippen LogP contribution in [0, 0.1) is 5.92 Å². The van der Waals surface area contributed by atoms with Crippen molar-refractivity contribution in [3.8, 4) is 0 Å². The minimum Gasteiger partial charge on any atom is -0.338 e. The van der Waals surface area contributed by atoms with Gasteiger partial charge in [0.1, 0.15) is 0 Å². The topological polar surface area (TPSA) is 41.1 Å². The van der Waals surface area contributed by atoms with E-state index in [9.17, 15) is 31.1 Å². The molecule has 1 atom stereocenters. The van der Waals surface area contributed by atoms with Gasteiger partial charge in [-0.25, -0.2) is 4.79 Å². The van der Waals surface area contributed by atoms with Crippen molar-refractivity contribution in [2.45, 2.75) is 32.1 Å². The zero-order valence-corrected chi connectivity index (χ0v) is 16.6. The molecular formula is C22H22F6N2O. The molecule has 168 valence electrons. The standard InChI is InChI=1S/C22H22F6N2O/c1-15(7-5-6-10-16-8-3-2-4-9-16)14-29-20(31)30-19-12-17(21(23,24)25)11-18(13-19)22(26,27)28/h2-4,6,8-13,15H,5,7,14H2,1H3,(H2,29,30,31)/b10-6+. The number of allylic oxidation sites excluding steroid dienone is 1. The predicted molar refractivity (Wildman–Crippen MR) is 107 cm³/mol. The Labute approximate surface area is 176 Å². The van der Waals surface area contributed by atoms with Crippen LogP contribution in [0.15, 0.2) is 54.6 Å². The minimum absolute atomic E-state index is 0.00806. The summed E-state index contributed by atoms with van der Waals surface area (Å²) in [4.78, 5) is 12.0. The van der Waals surface area contributed by atoms with Gasteiger partial charge in [-0.15, -0.1) is 0 Å². The van der Waals surface area contributed by atoms with Crippen molar-refractivity contribution in [2.24, 2.45) is 5.92 Å². The lowest BCUT2D eigenvalue weighted by Crippen LogP contribution is -2.32. The van der Waals surface area contributed by atoms with Crippen LogP contribution < -0.4 is 10.6 Å². The molecule has 0 aliphatic carbocycles. The van der Waals surface area contributed by atoms with Crippen molar-refractivity contribution in [3.05, 3.63) is 71.3 Å². The number of carbonyl (C=O) groups is 1. The fourth-order valence-corrected chi connectivity index (χ4v) is 2.74. The lowest BCUT2D eigenvalue weighted by Gasteiger charge is -2.16. The Morgan fingerprint density at radius 2 is 1.55 bits per heavy atom. The number of carbonyl (C=O) groups excluding carboxylic acids is 1. The number of hydrogen-bond donors (Lipinski definition) is 2. The van der Waals surface area contributed by atoms with E-state index in [-0.39, 0.29) is 18.5 Å². The number of nitrogens with one attached hydrogen (secondary N) is 2. The molecule has 1 unspecified atom stereocenters. The number of halogens is 6. The summed E-state index contributed by atoms with van der Waals surface area (Å²) in [6.45, 7) is 2.10. The van der Waals surface area contributed by atoms with Gasteiger partial charge >= 0.3 is 18.4 Å². The molecule has 0 radical (unpaired) electrons. The van der Waals surface area contributed by atoms with Crippen molar-refractivity contribution in [1.29, 1.82) is 0 Å². The molecule has 0 aliphatic heterocycles. The largest absolute Gasteiger partial charge is 0.416 e.